The topological polar surface area (TPSA) is 66.9 Å². The summed E-state index contributed by atoms with van der Waals surface area (Å²) in [6, 6.07) is 7.04. The summed E-state index contributed by atoms with van der Waals surface area (Å²) in [7, 11) is 1.23. The number of imide groups is 1. The lowest BCUT2D eigenvalue weighted by atomic mass is 10.1. The van der Waals surface area contributed by atoms with Crippen LogP contribution in [-0.2, 0) is 14.3 Å². The molecule has 7 heteroatoms. The molecule has 3 rings (SSSR count). The third-order valence-electron chi connectivity index (χ3n) is 4.67. The summed E-state index contributed by atoms with van der Waals surface area (Å²) < 4.78 is 4.63. The zero-order valence-electron chi connectivity index (χ0n) is 14.9. The lowest BCUT2D eigenvalue weighted by Crippen LogP contribution is -2.42. The first-order valence-corrected chi connectivity index (χ1v) is 9.53. The molecule has 0 saturated carbocycles. The summed E-state index contributed by atoms with van der Waals surface area (Å²) in [5.74, 6) is -1.07. The number of nitrogens with zero attached hydrogens (tertiary/aromatic N) is 2. The summed E-state index contributed by atoms with van der Waals surface area (Å²) in [5.41, 5.74) is 2.02. The second kappa shape index (κ2) is 7.95. The molecule has 138 valence electrons. The monoisotopic (exact) mass is 374 g/mol. The van der Waals surface area contributed by atoms with Gasteiger partial charge in [0.15, 0.2) is 0 Å². The number of amides is 2. The minimum Gasteiger partial charge on any atom is -0.467 e. The van der Waals surface area contributed by atoms with Gasteiger partial charge < -0.3 is 9.64 Å². The molecular weight excluding hydrogens is 352 g/mol. The molecule has 1 aromatic rings. The molecule has 0 unspecified atom stereocenters. The smallest absolute Gasteiger partial charge is 0.328 e. The van der Waals surface area contributed by atoms with Gasteiger partial charge in [0.25, 0.3) is 11.1 Å². The number of benzene rings is 1. The molecule has 2 saturated heterocycles. The van der Waals surface area contributed by atoms with Crippen LogP contribution in [0, 0.1) is 0 Å². The molecule has 0 bridgehead atoms. The van der Waals surface area contributed by atoms with Gasteiger partial charge in [0, 0.05) is 18.8 Å². The molecule has 2 aliphatic heterocycles. The van der Waals surface area contributed by atoms with Crippen molar-refractivity contribution in [2.75, 3.05) is 25.1 Å². The van der Waals surface area contributed by atoms with Crippen molar-refractivity contribution in [3.63, 3.8) is 0 Å². The number of rotatable bonds is 4. The van der Waals surface area contributed by atoms with E-state index >= 15 is 0 Å². The second-order valence-corrected chi connectivity index (χ2v) is 7.38. The van der Waals surface area contributed by atoms with Crippen molar-refractivity contribution in [3.05, 3.63) is 34.7 Å². The first-order valence-electron chi connectivity index (χ1n) is 8.71. The molecule has 1 aromatic carbocycles. The standard InChI is InChI=1S/C19H22N2O4S/c1-13(18(23)25-2)21-17(22)16(26-19(21)24)12-14-6-8-15(9-7-14)20-10-4-3-5-11-20/h6-9,12-13H,3-5,10-11H2,1-2H3/b16-12-/t13-/m1/s1. The van der Waals surface area contributed by atoms with E-state index in [2.05, 4.69) is 9.64 Å². The first-order chi connectivity index (χ1) is 12.5. The molecule has 2 heterocycles. The van der Waals surface area contributed by atoms with Crippen molar-refractivity contribution in [2.24, 2.45) is 0 Å². The van der Waals surface area contributed by atoms with Crippen molar-refractivity contribution in [2.45, 2.75) is 32.2 Å². The van der Waals surface area contributed by atoms with E-state index < -0.39 is 23.2 Å². The Morgan fingerprint density at radius 2 is 1.81 bits per heavy atom. The lowest BCUT2D eigenvalue weighted by molar-refractivity contribution is -0.148. The fourth-order valence-electron chi connectivity index (χ4n) is 3.17. The van der Waals surface area contributed by atoms with E-state index in [1.807, 2.05) is 24.3 Å². The van der Waals surface area contributed by atoms with Gasteiger partial charge in [0.05, 0.1) is 12.0 Å². The fourth-order valence-corrected chi connectivity index (χ4v) is 4.08. The van der Waals surface area contributed by atoms with Gasteiger partial charge >= 0.3 is 5.97 Å². The van der Waals surface area contributed by atoms with Gasteiger partial charge in [-0.3, -0.25) is 14.5 Å². The van der Waals surface area contributed by atoms with E-state index in [1.54, 1.807) is 6.08 Å². The quantitative estimate of drug-likeness (QED) is 0.595. The van der Waals surface area contributed by atoms with E-state index in [9.17, 15) is 14.4 Å². The molecule has 1 atom stereocenters. The summed E-state index contributed by atoms with van der Waals surface area (Å²) in [6.45, 7) is 3.63. The normalized spacial score (nSPS) is 20.6. The van der Waals surface area contributed by atoms with E-state index in [4.69, 9.17) is 0 Å². The maximum absolute atomic E-state index is 12.5. The van der Waals surface area contributed by atoms with Crippen LogP contribution in [0.4, 0.5) is 10.5 Å². The minimum absolute atomic E-state index is 0.316. The average molecular weight is 374 g/mol. The van der Waals surface area contributed by atoms with Crippen LogP contribution < -0.4 is 4.90 Å². The van der Waals surface area contributed by atoms with Crippen molar-refractivity contribution < 1.29 is 19.1 Å². The van der Waals surface area contributed by atoms with Gasteiger partial charge in [0.1, 0.15) is 6.04 Å². The molecule has 0 N–H and O–H groups in total. The number of anilines is 1. The third kappa shape index (κ3) is 3.77. The predicted molar refractivity (Wildman–Crippen MR) is 102 cm³/mol. The number of ether oxygens (including phenoxy) is 1. The fraction of sp³-hybridized carbons (Fsp3) is 0.421. The molecule has 2 aliphatic rings. The van der Waals surface area contributed by atoms with Crippen LogP contribution in [0.15, 0.2) is 29.2 Å². The van der Waals surface area contributed by atoms with Crippen molar-refractivity contribution in [1.29, 1.82) is 0 Å². The van der Waals surface area contributed by atoms with Crippen molar-refractivity contribution in [3.8, 4) is 0 Å². The number of carbonyl (C=O) groups is 3. The van der Waals surface area contributed by atoms with Crippen LogP contribution in [0.3, 0.4) is 0 Å². The van der Waals surface area contributed by atoms with Crippen molar-refractivity contribution >= 4 is 40.6 Å². The highest BCUT2D eigenvalue weighted by atomic mass is 32.2. The summed E-state index contributed by atoms with van der Waals surface area (Å²) in [6.07, 6.45) is 5.41. The molecule has 0 radical (unpaired) electrons. The van der Waals surface area contributed by atoms with E-state index in [0.717, 1.165) is 35.3 Å². The maximum Gasteiger partial charge on any atom is 0.328 e. The molecule has 6 nitrogen and oxygen atoms in total. The van der Waals surface area contributed by atoms with Crippen LogP contribution in [0.5, 0.6) is 0 Å². The predicted octanol–water partition coefficient (Wildman–Crippen LogP) is 3.27. The Morgan fingerprint density at radius 3 is 2.42 bits per heavy atom. The Morgan fingerprint density at radius 1 is 1.15 bits per heavy atom. The molecular formula is C19H22N2O4S. The number of hydrogen-bond donors (Lipinski definition) is 0. The Kier molecular flexibility index (Phi) is 5.66. The Bertz CT molecular complexity index is 738. The number of hydrogen-bond acceptors (Lipinski definition) is 6. The summed E-state index contributed by atoms with van der Waals surface area (Å²) >= 11 is 0.845. The van der Waals surface area contributed by atoms with Gasteiger partial charge in [-0.05, 0) is 61.7 Å². The van der Waals surface area contributed by atoms with Crippen LogP contribution >= 0.6 is 11.8 Å². The Balaban J connectivity index is 1.74. The number of esters is 1. The molecule has 0 aromatic heterocycles. The average Bonchev–Trinajstić information content (AvgIpc) is 2.95. The van der Waals surface area contributed by atoms with Gasteiger partial charge in [-0.25, -0.2) is 4.79 Å². The zero-order valence-corrected chi connectivity index (χ0v) is 15.8. The largest absolute Gasteiger partial charge is 0.467 e. The van der Waals surface area contributed by atoms with Crippen LogP contribution in [-0.4, -0.2) is 48.3 Å². The molecule has 0 spiro atoms. The second-order valence-electron chi connectivity index (χ2n) is 6.39. The highest BCUT2D eigenvalue weighted by Gasteiger charge is 2.41. The minimum atomic E-state index is -0.931. The number of carbonyl (C=O) groups excluding carboxylic acids is 3. The summed E-state index contributed by atoms with van der Waals surface area (Å²) in [4.78, 5) is 39.9. The molecule has 2 fully saturated rings. The van der Waals surface area contributed by atoms with Crippen molar-refractivity contribution in [1.82, 2.24) is 4.90 Å². The van der Waals surface area contributed by atoms with Gasteiger partial charge in [-0.15, -0.1) is 0 Å². The van der Waals surface area contributed by atoms with E-state index in [0.29, 0.717) is 4.91 Å². The van der Waals surface area contributed by atoms with E-state index in [1.165, 1.54) is 39.0 Å². The zero-order chi connectivity index (χ0) is 18.7. The molecule has 26 heavy (non-hydrogen) atoms. The van der Waals surface area contributed by atoms with Gasteiger partial charge in [-0.1, -0.05) is 12.1 Å². The molecule has 2 amide bonds. The van der Waals surface area contributed by atoms with Crippen LogP contribution in [0.25, 0.3) is 6.08 Å². The number of methoxy groups -OCH3 is 1. The SMILES string of the molecule is COC(=O)[C@@H](C)N1C(=O)S/C(=C\c2ccc(N3CCCCC3)cc2)C1=O. The number of piperidine rings is 1. The van der Waals surface area contributed by atoms with Gasteiger partial charge in [-0.2, -0.15) is 0 Å². The van der Waals surface area contributed by atoms with E-state index in [-0.39, 0.29) is 0 Å². The highest BCUT2D eigenvalue weighted by molar-refractivity contribution is 8.18. The van der Waals surface area contributed by atoms with Crippen LogP contribution in [0.2, 0.25) is 0 Å². The van der Waals surface area contributed by atoms with Crippen LogP contribution in [0.1, 0.15) is 31.7 Å². The first kappa shape index (κ1) is 18.5. The highest BCUT2D eigenvalue weighted by Crippen LogP contribution is 2.34. The third-order valence-corrected chi connectivity index (χ3v) is 5.55. The number of thioether (sulfide) groups is 1. The van der Waals surface area contributed by atoms with Gasteiger partial charge in [0.2, 0.25) is 0 Å². The Labute approximate surface area is 157 Å². The Hall–Kier alpha value is -2.28. The maximum atomic E-state index is 12.5. The lowest BCUT2D eigenvalue weighted by Gasteiger charge is -2.28. The summed E-state index contributed by atoms with van der Waals surface area (Å²) in [5, 5.41) is -0.455. The molecule has 0 aliphatic carbocycles.